The lowest BCUT2D eigenvalue weighted by molar-refractivity contribution is 0.455. The number of nitrogens with one attached hydrogen (secondary N) is 1. The van der Waals surface area contributed by atoms with Crippen molar-refractivity contribution in [1.82, 2.24) is 10.3 Å². The van der Waals surface area contributed by atoms with Crippen molar-refractivity contribution in [1.29, 1.82) is 0 Å². The molecule has 1 aliphatic heterocycles. The average Bonchev–Trinajstić information content (AvgIpc) is 2.77. The van der Waals surface area contributed by atoms with E-state index in [2.05, 4.69) is 28.9 Å². The summed E-state index contributed by atoms with van der Waals surface area (Å²) in [5.74, 6) is 0.614. The minimum Gasteiger partial charge on any atom is -0.316 e. The van der Waals surface area contributed by atoms with Gasteiger partial charge in [-0.1, -0.05) is 0 Å². The fraction of sp³-hybridized carbons (Fsp3) is 0.417. The molecule has 0 radical (unpaired) electrons. The number of hydrogen-bond donors (Lipinski definition) is 1. The first-order valence-electron chi connectivity index (χ1n) is 5.48. The Hall–Kier alpha value is -0.930. The predicted molar refractivity (Wildman–Crippen MR) is 64.5 cm³/mol. The fourth-order valence-corrected chi connectivity index (χ4v) is 2.92. The van der Waals surface area contributed by atoms with Crippen LogP contribution in [0.2, 0.25) is 0 Å². The van der Waals surface area contributed by atoms with Crippen LogP contribution in [0.15, 0.2) is 23.6 Å². The molecule has 0 aromatic carbocycles. The zero-order valence-corrected chi connectivity index (χ0v) is 9.39. The molecule has 15 heavy (non-hydrogen) atoms. The van der Waals surface area contributed by atoms with Crippen molar-refractivity contribution in [3.63, 3.8) is 0 Å². The molecule has 2 aromatic rings. The quantitative estimate of drug-likeness (QED) is 0.796. The zero-order chi connectivity index (χ0) is 10.1. The smallest absolute Gasteiger partial charge is 0.0813 e. The van der Waals surface area contributed by atoms with Crippen LogP contribution in [0.25, 0.3) is 10.2 Å². The molecule has 1 fully saturated rings. The van der Waals surface area contributed by atoms with Crippen LogP contribution in [0.5, 0.6) is 0 Å². The third-order valence-electron chi connectivity index (χ3n) is 3.04. The summed E-state index contributed by atoms with van der Waals surface area (Å²) in [6.07, 6.45) is 2.55. The van der Waals surface area contributed by atoms with Crippen molar-refractivity contribution in [2.24, 2.45) is 0 Å². The maximum Gasteiger partial charge on any atom is 0.0813 e. The van der Waals surface area contributed by atoms with Crippen LogP contribution in [0.4, 0.5) is 0 Å². The zero-order valence-electron chi connectivity index (χ0n) is 8.57. The number of nitrogens with zero attached hydrogens (tertiary/aromatic N) is 1. The van der Waals surface area contributed by atoms with Crippen LogP contribution in [-0.2, 0) is 0 Å². The number of hydrogen-bond acceptors (Lipinski definition) is 3. The van der Waals surface area contributed by atoms with Crippen LogP contribution in [0, 0.1) is 0 Å². The third kappa shape index (κ3) is 1.77. The molecular weight excluding hydrogens is 204 g/mol. The van der Waals surface area contributed by atoms with Crippen LogP contribution in [-0.4, -0.2) is 18.1 Å². The van der Waals surface area contributed by atoms with E-state index in [-0.39, 0.29) is 0 Å². The van der Waals surface area contributed by atoms with Gasteiger partial charge >= 0.3 is 0 Å². The highest BCUT2D eigenvalue weighted by atomic mass is 32.1. The van der Waals surface area contributed by atoms with Gasteiger partial charge < -0.3 is 5.32 Å². The summed E-state index contributed by atoms with van der Waals surface area (Å²) in [5.41, 5.74) is 2.41. The Bertz CT molecular complexity index is 457. The largest absolute Gasteiger partial charge is 0.316 e. The van der Waals surface area contributed by atoms with Gasteiger partial charge in [-0.05, 0) is 43.0 Å². The fourth-order valence-electron chi connectivity index (χ4n) is 2.20. The molecule has 2 nitrogen and oxygen atoms in total. The van der Waals surface area contributed by atoms with E-state index < -0.39 is 0 Å². The monoisotopic (exact) mass is 218 g/mol. The Morgan fingerprint density at radius 1 is 1.33 bits per heavy atom. The standard InChI is InChI=1S/C12H14N2S/c1-2-9(8-13-6-1)10-3-4-12-11(14-10)5-7-15-12/h3-5,7,9,13H,1-2,6,8H2. The Morgan fingerprint density at radius 2 is 2.33 bits per heavy atom. The molecule has 1 saturated heterocycles. The van der Waals surface area contributed by atoms with Gasteiger partial charge in [-0.25, -0.2) is 0 Å². The highest BCUT2D eigenvalue weighted by Crippen LogP contribution is 2.25. The normalized spacial score (nSPS) is 22.0. The summed E-state index contributed by atoms with van der Waals surface area (Å²) >= 11 is 1.76. The lowest BCUT2D eigenvalue weighted by Crippen LogP contribution is -2.28. The predicted octanol–water partition coefficient (Wildman–Crippen LogP) is 2.76. The van der Waals surface area contributed by atoms with Crippen molar-refractivity contribution in [3.8, 4) is 0 Å². The number of aromatic nitrogens is 1. The Morgan fingerprint density at radius 3 is 3.20 bits per heavy atom. The van der Waals surface area contributed by atoms with E-state index in [0.717, 1.165) is 18.6 Å². The van der Waals surface area contributed by atoms with Gasteiger partial charge in [-0.3, -0.25) is 4.98 Å². The lowest BCUT2D eigenvalue weighted by atomic mass is 9.96. The third-order valence-corrected chi connectivity index (χ3v) is 3.91. The van der Waals surface area contributed by atoms with Crippen molar-refractivity contribution in [2.75, 3.05) is 13.1 Å². The highest BCUT2D eigenvalue weighted by Gasteiger charge is 2.16. The molecule has 0 aliphatic carbocycles. The summed E-state index contributed by atoms with van der Waals surface area (Å²) in [5, 5.41) is 5.55. The van der Waals surface area contributed by atoms with Gasteiger partial charge in [-0.15, -0.1) is 11.3 Å². The van der Waals surface area contributed by atoms with Gasteiger partial charge in [0.25, 0.3) is 0 Å². The molecular formula is C12H14N2S. The summed E-state index contributed by atoms with van der Waals surface area (Å²) in [6, 6.07) is 6.51. The van der Waals surface area contributed by atoms with Gasteiger partial charge in [0.2, 0.25) is 0 Å². The van der Waals surface area contributed by atoms with Gasteiger partial charge in [0.05, 0.1) is 10.2 Å². The van der Waals surface area contributed by atoms with Crippen LogP contribution >= 0.6 is 11.3 Å². The first-order valence-corrected chi connectivity index (χ1v) is 6.36. The van der Waals surface area contributed by atoms with E-state index in [1.807, 2.05) is 0 Å². The summed E-state index contributed by atoms with van der Waals surface area (Å²) < 4.78 is 1.29. The van der Waals surface area contributed by atoms with Crippen LogP contribution < -0.4 is 5.32 Å². The number of thiophene rings is 1. The van der Waals surface area contributed by atoms with E-state index in [0.29, 0.717) is 5.92 Å². The van der Waals surface area contributed by atoms with E-state index in [1.165, 1.54) is 23.2 Å². The number of rotatable bonds is 1. The summed E-state index contributed by atoms with van der Waals surface area (Å²) in [4.78, 5) is 4.73. The van der Waals surface area contributed by atoms with Crippen molar-refractivity contribution >= 4 is 21.6 Å². The van der Waals surface area contributed by atoms with Crippen LogP contribution in [0.3, 0.4) is 0 Å². The van der Waals surface area contributed by atoms with Gasteiger partial charge in [0.15, 0.2) is 0 Å². The van der Waals surface area contributed by atoms with Gasteiger partial charge in [0.1, 0.15) is 0 Å². The molecule has 3 heterocycles. The number of piperidine rings is 1. The lowest BCUT2D eigenvalue weighted by Gasteiger charge is -2.22. The molecule has 0 spiro atoms. The SMILES string of the molecule is c1cc2nc(C3CCCNC3)ccc2s1. The maximum atomic E-state index is 4.73. The molecule has 0 bridgehead atoms. The van der Waals surface area contributed by atoms with Gasteiger partial charge in [0, 0.05) is 18.2 Å². The maximum absolute atomic E-state index is 4.73. The first kappa shape index (κ1) is 9.31. The number of fused-ring (bicyclic) bond motifs is 1. The van der Waals surface area contributed by atoms with E-state index >= 15 is 0 Å². The molecule has 1 N–H and O–H groups in total. The molecule has 3 heteroatoms. The Kier molecular flexibility index (Phi) is 2.43. The summed E-state index contributed by atoms with van der Waals surface area (Å²) in [7, 11) is 0. The van der Waals surface area contributed by atoms with E-state index in [9.17, 15) is 0 Å². The van der Waals surface area contributed by atoms with Crippen molar-refractivity contribution in [2.45, 2.75) is 18.8 Å². The molecule has 3 rings (SSSR count). The van der Waals surface area contributed by atoms with Gasteiger partial charge in [-0.2, -0.15) is 0 Å². The Balaban J connectivity index is 1.95. The molecule has 0 saturated carbocycles. The summed E-state index contributed by atoms with van der Waals surface area (Å²) in [6.45, 7) is 2.25. The van der Waals surface area contributed by atoms with E-state index in [1.54, 1.807) is 11.3 Å². The minimum absolute atomic E-state index is 0.614. The molecule has 78 valence electrons. The second kappa shape index (κ2) is 3.91. The molecule has 1 atom stereocenters. The first-order chi connectivity index (χ1) is 7.43. The number of pyridine rings is 1. The molecule has 1 unspecified atom stereocenters. The molecule has 2 aromatic heterocycles. The Labute approximate surface area is 93.3 Å². The van der Waals surface area contributed by atoms with Crippen molar-refractivity contribution < 1.29 is 0 Å². The molecule has 0 amide bonds. The second-order valence-corrected chi connectivity index (χ2v) is 5.03. The topological polar surface area (TPSA) is 24.9 Å². The van der Waals surface area contributed by atoms with Crippen LogP contribution in [0.1, 0.15) is 24.5 Å². The average molecular weight is 218 g/mol. The highest BCUT2D eigenvalue weighted by molar-refractivity contribution is 7.17. The van der Waals surface area contributed by atoms with Crippen molar-refractivity contribution in [3.05, 3.63) is 29.3 Å². The van der Waals surface area contributed by atoms with E-state index in [4.69, 9.17) is 4.98 Å². The second-order valence-electron chi connectivity index (χ2n) is 4.08. The minimum atomic E-state index is 0.614. The molecule has 1 aliphatic rings.